The normalized spacial score (nSPS) is 52.9. The molecule has 4 heterocycles. The van der Waals surface area contributed by atoms with Crippen molar-refractivity contribution in [1.29, 1.82) is 0 Å². The third kappa shape index (κ3) is 3.35. The van der Waals surface area contributed by atoms with Crippen LogP contribution < -0.4 is 0 Å². The van der Waals surface area contributed by atoms with Crippen molar-refractivity contribution in [3.8, 4) is 0 Å². The molecule has 4 rings (SSSR count). The lowest BCUT2D eigenvalue weighted by Crippen LogP contribution is -2.51. The van der Waals surface area contributed by atoms with E-state index in [1.165, 1.54) is 0 Å². The van der Waals surface area contributed by atoms with Gasteiger partial charge in [0, 0.05) is 14.2 Å². The molecule has 1 unspecified atom stereocenters. The summed E-state index contributed by atoms with van der Waals surface area (Å²) in [5.74, 6) is 0. The molecule has 0 saturated carbocycles. The van der Waals surface area contributed by atoms with Crippen LogP contribution in [-0.4, -0.2) is 87.5 Å². The number of hydrogen-bond donors (Lipinski definition) is 1. The Balaban J connectivity index is 1.48. The monoisotopic (exact) mass is 454 g/mol. The van der Waals surface area contributed by atoms with Gasteiger partial charge >= 0.3 is 6.80 Å². The average molecular weight is 454 g/mol. The molecule has 4 bridgehead atoms. The number of hydrogen-bond acceptors (Lipinski definition) is 9. The predicted octanol–water partition coefficient (Wildman–Crippen LogP) is 1.98. The van der Waals surface area contributed by atoms with E-state index < -0.39 is 24.1 Å². The van der Waals surface area contributed by atoms with Crippen molar-refractivity contribution in [2.75, 3.05) is 27.4 Å². The Kier molecular flexibility index (Phi) is 5.95. The number of ether oxygens (including phenoxy) is 6. The maximum atomic E-state index is 13.2. The number of thiol groups is 1. The molecule has 29 heavy (non-hydrogen) atoms. The van der Waals surface area contributed by atoms with E-state index in [-0.39, 0.29) is 55.9 Å². The Bertz CT molecular complexity index is 682. The van der Waals surface area contributed by atoms with Gasteiger partial charge in [-0.3, -0.25) is 9.05 Å². The summed E-state index contributed by atoms with van der Waals surface area (Å²) >= 11 is 4.23. The van der Waals surface area contributed by atoms with Crippen LogP contribution in [0.4, 0.5) is 0 Å². The van der Waals surface area contributed by atoms with Crippen LogP contribution in [-0.2, 0) is 42.0 Å². The maximum Gasteiger partial charge on any atom is 0.386 e. The molecule has 4 aliphatic heterocycles. The lowest BCUT2D eigenvalue weighted by Gasteiger charge is -2.36. The second kappa shape index (κ2) is 7.69. The molecule has 0 amide bonds. The Hall–Kier alpha value is 0.260. The number of methoxy groups -OCH3 is 2. The average Bonchev–Trinajstić information content (AvgIpc) is 3.25. The summed E-state index contributed by atoms with van der Waals surface area (Å²) in [4.78, 5) is 0. The zero-order chi connectivity index (χ0) is 21.2. The second-order valence-corrected chi connectivity index (χ2v) is 11.3. The Labute approximate surface area is 176 Å². The molecule has 168 valence electrons. The number of rotatable bonds is 8. The van der Waals surface area contributed by atoms with E-state index >= 15 is 0 Å². The highest BCUT2D eigenvalue weighted by molar-refractivity contribution is 8.44. The van der Waals surface area contributed by atoms with Crippen molar-refractivity contribution in [2.45, 2.75) is 87.7 Å². The summed E-state index contributed by atoms with van der Waals surface area (Å²) in [6.07, 6.45) is -2.46. The van der Waals surface area contributed by atoms with E-state index in [9.17, 15) is 4.57 Å². The van der Waals surface area contributed by atoms with Crippen molar-refractivity contribution in [2.24, 2.45) is 0 Å². The summed E-state index contributed by atoms with van der Waals surface area (Å²) < 4.78 is 59.9. The van der Waals surface area contributed by atoms with Gasteiger partial charge in [-0.25, -0.2) is 4.57 Å². The first-order valence-corrected chi connectivity index (χ1v) is 12.6. The zero-order valence-electron chi connectivity index (χ0n) is 17.6. The van der Waals surface area contributed by atoms with E-state index in [1.807, 2.05) is 27.7 Å². The molecule has 4 fully saturated rings. The van der Waals surface area contributed by atoms with Crippen LogP contribution in [0.1, 0.15) is 27.7 Å². The zero-order valence-corrected chi connectivity index (χ0v) is 19.4. The van der Waals surface area contributed by atoms with Gasteiger partial charge in [-0.15, -0.1) is 0 Å². The molecular formula is C18H31O9PS. The minimum atomic E-state index is -3.78. The summed E-state index contributed by atoms with van der Waals surface area (Å²) in [6, 6.07) is 0. The highest BCUT2D eigenvalue weighted by atomic mass is 32.7. The van der Waals surface area contributed by atoms with Crippen LogP contribution in [0.15, 0.2) is 0 Å². The minimum absolute atomic E-state index is 0.0320. The molecule has 11 atom stereocenters. The molecule has 9 nitrogen and oxygen atoms in total. The predicted molar refractivity (Wildman–Crippen MR) is 105 cm³/mol. The quantitative estimate of drug-likeness (QED) is 0.437. The minimum Gasteiger partial charge on any atom is -0.381 e. The molecule has 0 N–H and O–H groups in total. The molecule has 0 aromatic heterocycles. The van der Waals surface area contributed by atoms with Gasteiger partial charge in [0.2, 0.25) is 0 Å². The van der Waals surface area contributed by atoms with Gasteiger partial charge in [0.15, 0.2) is 0 Å². The Morgan fingerprint density at radius 3 is 1.93 bits per heavy atom. The van der Waals surface area contributed by atoms with E-state index in [0.29, 0.717) is 0 Å². The molecule has 0 spiro atoms. The molecule has 0 aromatic carbocycles. The van der Waals surface area contributed by atoms with Gasteiger partial charge in [-0.05, 0) is 27.7 Å². The summed E-state index contributed by atoms with van der Waals surface area (Å²) in [6.45, 7) is 4.02. The van der Waals surface area contributed by atoms with Gasteiger partial charge < -0.3 is 28.4 Å². The molecular weight excluding hydrogens is 423 g/mol. The number of fused-ring (bicyclic) bond motifs is 4. The third-order valence-corrected chi connectivity index (χ3v) is 8.30. The van der Waals surface area contributed by atoms with E-state index in [2.05, 4.69) is 12.2 Å². The first-order valence-electron chi connectivity index (χ1n) is 9.94. The molecule has 4 saturated heterocycles. The Morgan fingerprint density at radius 1 is 0.897 bits per heavy atom. The van der Waals surface area contributed by atoms with Crippen molar-refractivity contribution >= 4 is 19.0 Å². The first-order chi connectivity index (χ1) is 13.6. The molecule has 11 heteroatoms. The third-order valence-electron chi connectivity index (χ3n) is 6.72. The highest BCUT2D eigenvalue weighted by Crippen LogP contribution is 2.60. The second-order valence-electron chi connectivity index (χ2n) is 8.40. The van der Waals surface area contributed by atoms with E-state index in [1.54, 1.807) is 14.2 Å². The topological polar surface area (TPSA) is 90.9 Å². The van der Waals surface area contributed by atoms with Crippen LogP contribution in [0.5, 0.6) is 0 Å². The standard InChI is InChI=1S/C18H31O9PS/c1-9-13-15(21-6)18(26-9,12(4)23-13)8-22-28(19,29)27-16-14-10(2)25-17(16,7-20-5)11(3)24-14/h9-16H,7-8H2,1-6H3,(H,19,29)/t9-,10-,11-,12-,13-,14-,15-,16-,17-,18-,28?/m0/s1. The van der Waals surface area contributed by atoms with Gasteiger partial charge in [-0.2, -0.15) is 0 Å². The van der Waals surface area contributed by atoms with Crippen molar-refractivity contribution in [3.63, 3.8) is 0 Å². The summed E-state index contributed by atoms with van der Waals surface area (Å²) in [7, 11) is 3.18. The fourth-order valence-electron chi connectivity index (χ4n) is 5.26. The van der Waals surface area contributed by atoms with Crippen LogP contribution in [0.2, 0.25) is 0 Å². The van der Waals surface area contributed by atoms with Crippen LogP contribution in [0.3, 0.4) is 0 Å². The fourth-order valence-corrected chi connectivity index (χ4v) is 6.75. The largest absolute Gasteiger partial charge is 0.386 e. The lowest BCUT2D eigenvalue weighted by atomic mass is 9.94. The van der Waals surface area contributed by atoms with Crippen molar-refractivity contribution < 1.29 is 42.0 Å². The molecule has 4 aliphatic rings. The van der Waals surface area contributed by atoms with Crippen LogP contribution in [0, 0.1) is 0 Å². The molecule has 0 radical (unpaired) electrons. The van der Waals surface area contributed by atoms with Gasteiger partial charge in [0.25, 0.3) is 0 Å². The SMILES string of the molecule is COC[C@]12O[C@@H](C)[C@H](O[C@H]1C)[C@@H]2OP(=O)(S)OC[C@]12O[C@@H](C)[C@H](O[C@H]1C)[C@@H]2OC. The van der Waals surface area contributed by atoms with Crippen LogP contribution >= 0.6 is 19.0 Å². The van der Waals surface area contributed by atoms with Crippen molar-refractivity contribution in [1.82, 2.24) is 0 Å². The van der Waals surface area contributed by atoms with E-state index in [4.69, 9.17) is 37.5 Å². The smallest absolute Gasteiger partial charge is 0.381 e. The van der Waals surface area contributed by atoms with Gasteiger partial charge in [0.1, 0.15) is 35.6 Å². The molecule has 0 aromatic rings. The Morgan fingerprint density at radius 2 is 1.41 bits per heavy atom. The summed E-state index contributed by atoms with van der Waals surface area (Å²) in [5.41, 5.74) is -1.73. The highest BCUT2D eigenvalue weighted by Gasteiger charge is 2.67. The maximum absolute atomic E-state index is 13.2. The fraction of sp³-hybridized carbons (Fsp3) is 1.00. The molecule has 0 aliphatic carbocycles. The first kappa shape index (κ1) is 22.5. The van der Waals surface area contributed by atoms with Gasteiger partial charge in [0.05, 0.1) is 37.6 Å². The lowest BCUT2D eigenvalue weighted by molar-refractivity contribution is -0.193. The van der Waals surface area contributed by atoms with Crippen molar-refractivity contribution in [3.05, 3.63) is 0 Å². The van der Waals surface area contributed by atoms with Gasteiger partial charge in [-0.1, -0.05) is 12.2 Å². The van der Waals surface area contributed by atoms with E-state index in [0.717, 1.165) is 0 Å². The summed E-state index contributed by atoms with van der Waals surface area (Å²) in [5, 5.41) is 0. The van der Waals surface area contributed by atoms with Crippen LogP contribution in [0.25, 0.3) is 0 Å².